The van der Waals surface area contributed by atoms with Gasteiger partial charge in [0.05, 0.1) is 5.69 Å². The minimum Gasteiger partial charge on any atom is -0.297 e. The van der Waals surface area contributed by atoms with Crippen molar-refractivity contribution in [3.63, 3.8) is 0 Å². The zero-order valence-electron chi connectivity index (χ0n) is 21.8. The van der Waals surface area contributed by atoms with Crippen molar-refractivity contribution >= 4 is 6.08 Å². The summed E-state index contributed by atoms with van der Waals surface area (Å²) in [4.78, 5) is 9.79. The van der Waals surface area contributed by atoms with E-state index in [1.807, 2.05) is 6.20 Å². The van der Waals surface area contributed by atoms with Gasteiger partial charge < -0.3 is 0 Å². The van der Waals surface area contributed by atoms with Gasteiger partial charge in [-0.05, 0) is 110 Å². The molecule has 0 radical (unpaired) electrons. The molecule has 0 bridgehead atoms. The third-order valence-corrected chi connectivity index (χ3v) is 7.54. The molecule has 0 aliphatic carbocycles. The Morgan fingerprint density at radius 2 is 1.29 bits per heavy atom. The topological polar surface area (TPSA) is 19.4 Å². The molecular formula is C31H39N3. The van der Waals surface area contributed by atoms with Crippen LogP contribution in [0.25, 0.3) is 17.3 Å². The third kappa shape index (κ3) is 5.84. The molecule has 1 fully saturated rings. The Balaban J connectivity index is 1.31. The third-order valence-electron chi connectivity index (χ3n) is 7.54. The fourth-order valence-corrected chi connectivity index (χ4v) is 4.81. The molecule has 1 aliphatic heterocycles. The standard InChI is InChI=1S/C31H39N3/c1-22-16-28(17-23(2)26(22)5)8-7-11-33-12-14-34(15-13-33)21-29-9-10-32-31(20-29)30-18-24(3)27(6)25(4)19-30/h7-10,16-20H,11-15,21H2,1-6H3/b8-7+. The van der Waals surface area contributed by atoms with Crippen LogP contribution in [-0.4, -0.2) is 47.5 Å². The molecule has 4 rings (SSSR count). The van der Waals surface area contributed by atoms with Crippen LogP contribution < -0.4 is 0 Å². The van der Waals surface area contributed by atoms with E-state index < -0.39 is 0 Å². The van der Waals surface area contributed by atoms with Gasteiger partial charge in [0.15, 0.2) is 0 Å². The lowest BCUT2D eigenvalue weighted by molar-refractivity contribution is 0.137. The summed E-state index contributed by atoms with van der Waals surface area (Å²) in [5, 5.41) is 0. The molecule has 0 N–H and O–H groups in total. The maximum atomic E-state index is 4.67. The van der Waals surface area contributed by atoms with Crippen molar-refractivity contribution in [3.8, 4) is 11.3 Å². The average molecular weight is 454 g/mol. The monoisotopic (exact) mass is 453 g/mol. The number of piperazine rings is 1. The van der Waals surface area contributed by atoms with E-state index >= 15 is 0 Å². The van der Waals surface area contributed by atoms with E-state index in [-0.39, 0.29) is 0 Å². The largest absolute Gasteiger partial charge is 0.297 e. The first-order valence-electron chi connectivity index (χ1n) is 12.5. The van der Waals surface area contributed by atoms with E-state index in [9.17, 15) is 0 Å². The van der Waals surface area contributed by atoms with Crippen molar-refractivity contribution in [2.75, 3.05) is 32.7 Å². The molecule has 0 saturated carbocycles. The van der Waals surface area contributed by atoms with Crippen LogP contribution in [0.5, 0.6) is 0 Å². The molecule has 0 unspecified atom stereocenters. The minimum atomic E-state index is 0.991. The van der Waals surface area contributed by atoms with Crippen molar-refractivity contribution in [1.82, 2.24) is 14.8 Å². The van der Waals surface area contributed by atoms with Crippen LogP contribution in [0.2, 0.25) is 0 Å². The van der Waals surface area contributed by atoms with E-state index in [1.54, 1.807) is 0 Å². The first kappa shape index (κ1) is 24.4. The van der Waals surface area contributed by atoms with Gasteiger partial charge in [0.2, 0.25) is 0 Å². The zero-order chi connectivity index (χ0) is 24.2. The smallest absolute Gasteiger partial charge is 0.0705 e. The number of pyridine rings is 1. The highest BCUT2D eigenvalue weighted by molar-refractivity contribution is 5.63. The summed E-state index contributed by atoms with van der Waals surface area (Å²) in [6, 6.07) is 13.5. The number of nitrogens with zero attached hydrogens (tertiary/aromatic N) is 3. The minimum absolute atomic E-state index is 0.991. The number of hydrogen-bond donors (Lipinski definition) is 0. The van der Waals surface area contributed by atoms with Gasteiger partial charge in [-0.2, -0.15) is 0 Å². The van der Waals surface area contributed by atoms with Crippen molar-refractivity contribution in [3.05, 3.63) is 93.2 Å². The van der Waals surface area contributed by atoms with Gasteiger partial charge in [0.25, 0.3) is 0 Å². The molecule has 3 heteroatoms. The molecule has 2 heterocycles. The summed E-state index contributed by atoms with van der Waals surface area (Å²) >= 11 is 0. The summed E-state index contributed by atoms with van der Waals surface area (Å²) in [6.07, 6.45) is 6.56. The second kappa shape index (κ2) is 10.7. The van der Waals surface area contributed by atoms with Crippen LogP contribution in [0.4, 0.5) is 0 Å². The van der Waals surface area contributed by atoms with E-state index in [4.69, 9.17) is 0 Å². The fourth-order valence-electron chi connectivity index (χ4n) is 4.81. The van der Waals surface area contributed by atoms with Crippen LogP contribution in [0.3, 0.4) is 0 Å². The van der Waals surface area contributed by atoms with E-state index in [1.165, 1.54) is 50.1 Å². The molecule has 3 nitrogen and oxygen atoms in total. The number of benzene rings is 2. The maximum Gasteiger partial charge on any atom is 0.0705 e. The molecule has 0 atom stereocenters. The van der Waals surface area contributed by atoms with Gasteiger partial charge in [0.1, 0.15) is 0 Å². The first-order chi connectivity index (χ1) is 16.3. The number of rotatable bonds is 6. The van der Waals surface area contributed by atoms with Crippen molar-refractivity contribution in [1.29, 1.82) is 0 Å². The highest BCUT2D eigenvalue weighted by Crippen LogP contribution is 2.24. The number of aryl methyl sites for hydroxylation is 4. The van der Waals surface area contributed by atoms with Gasteiger partial charge in [0, 0.05) is 51.0 Å². The van der Waals surface area contributed by atoms with E-state index in [0.717, 1.165) is 45.0 Å². The lowest BCUT2D eigenvalue weighted by Gasteiger charge is -2.34. The van der Waals surface area contributed by atoms with Crippen molar-refractivity contribution in [2.24, 2.45) is 0 Å². The Hall–Kier alpha value is -2.75. The van der Waals surface area contributed by atoms with Gasteiger partial charge in [-0.3, -0.25) is 14.8 Å². The zero-order valence-corrected chi connectivity index (χ0v) is 21.8. The second-order valence-corrected chi connectivity index (χ2v) is 10.0. The first-order valence-corrected chi connectivity index (χ1v) is 12.5. The Labute approximate surface area is 206 Å². The maximum absolute atomic E-state index is 4.67. The Bertz CT molecular complexity index is 1140. The van der Waals surface area contributed by atoms with Crippen LogP contribution in [0.1, 0.15) is 44.5 Å². The van der Waals surface area contributed by atoms with Crippen LogP contribution in [0, 0.1) is 41.5 Å². The Morgan fingerprint density at radius 3 is 1.91 bits per heavy atom. The van der Waals surface area contributed by atoms with Gasteiger partial charge in [-0.25, -0.2) is 0 Å². The molecule has 178 valence electrons. The van der Waals surface area contributed by atoms with Gasteiger partial charge in [-0.1, -0.05) is 24.3 Å². The van der Waals surface area contributed by atoms with Gasteiger partial charge >= 0.3 is 0 Å². The summed E-state index contributed by atoms with van der Waals surface area (Å²) in [5.41, 5.74) is 13.1. The molecule has 0 spiro atoms. The lowest BCUT2D eigenvalue weighted by atomic mass is 9.98. The highest BCUT2D eigenvalue weighted by Gasteiger charge is 2.16. The average Bonchev–Trinajstić information content (AvgIpc) is 2.82. The normalized spacial score (nSPS) is 15.4. The SMILES string of the molecule is Cc1cc(/C=C/CN2CCN(Cc3ccnc(-c4cc(C)c(C)c(C)c4)c3)CC2)cc(C)c1C. The Morgan fingerprint density at radius 1 is 0.735 bits per heavy atom. The van der Waals surface area contributed by atoms with Gasteiger partial charge in [-0.15, -0.1) is 0 Å². The summed E-state index contributed by atoms with van der Waals surface area (Å²) in [7, 11) is 0. The molecule has 1 aromatic heterocycles. The molecule has 2 aromatic carbocycles. The van der Waals surface area contributed by atoms with E-state index in [2.05, 4.69) is 105 Å². The molecular weight excluding hydrogens is 414 g/mol. The van der Waals surface area contributed by atoms with E-state index in [0.29, 0.717) is 0 Å². The summed E-state index contributed by atoms with van der Waals surface area (Å²) in [5.74, 6) is 0. The quantitative estimate of drug-likeness (QED) is 0.429. The number of hydrogen-bond acceptors (Lipinski definition) is 3. The van der Waals surface area contributed by atoms with Crippen molar-refractivity contribution < 1.29 is 0 Å². The molecule has 0 amide bonds. The predicted octanol–water partition coefficient (Wildman–Crippen LogP) is 6.43. The lowest BCUT2D eigenvalue weighted by Crippen LogP contribution is -2.45. The highest BCUT2D eigenvalue weighted by atomic mass is 15.3. The summed E-state index contributed by atoms with van der Waals surface area (Å²) < 4.78 is 0. The van der Waals surface area contributed by atoms with Crippen LogP contribution >= 0.6 is 0 Å². The molecule has 34 heavy (non-hydrogen) atoms. The number of aromatic nitrogens is 1. The molecule has 1 aliphatic rings. The van der Waals surface area contributed by atoms with Crippen LogP contribution in [-0.2, 0) is 6.54 Å². The Kier molecular flexibility index (Phi) is 7.65. The molecule has 3 aromatic rings. The van der Waals surface area contributed by atoms with Crippen LogP contribution in [0.15, 0.2) is 48.7 Å². The summed E-state index contributed by atoms with van der Waals surface area (Å²) in [6.45, 7) is 19.6. The second-order valence-electron chi connectivity index (χ2n) is 10.0. The van der Waals surface area contributed by atoms with Crippen molar-refractivity contribution in [2.45, 2.75) is 48.1 Å². The molecule has 1 saturated heterocycles. The predicted molar refractivity (Wildman–Crippen MR) is 145 cm³/mol. The fraction of sp³-hybridized carbons (Fsp3) is 0.387.